The van der Waals surface area contributed by atoms with Gasteiger partial charge in [-0.15, -0.1) is 0 Å². The van der Waals surface area contributed by atoms with Crippen LogP contribution in [0.2, 0.25) is 0 Å². The number of hydrogen-bond donors (Lipinski definition) is 3. The molecule has 22 heavy (non-hydrogen) atoms. The van der Waals surface area contributed by atoms with Gasteiger partial charge in [0.1, 0.15) is 0 Å². The van der Waals surface area contributed by atoms with Crippen molar-refractivity contribution in [2.45, 2.75) is 30.8 Å². The van der Waals surface area contributed by atoms with Gasteiger partial charge >= 0.3 is 0 Å². The zero-order valence-corrected chi connectivity index (χ0v) is 13.3. The first-order valence-electron chi connectivity index (χ1n) is 7.09. The molecule has 1 aromatic carbocycles. The minimum atomic E-state index is -3.82. The van der Waals surface area contributed by atoms with Crippen LogP contribution in [0.25, 0.3) is 0 Å². The average Bonchev–Trinajstić information content (AvgIpc) is 2.39. The van der Waals surface area contributed by atoms with Crippen molar-refractivity contribution < 1.29 is 18.3 Å². The molecule has 2 rings (SSSR count). The number of likely N-dealkylation sites (tertiary alicyclic amines) is 1. The number of amides is 1. The highest BCUT2D eigenvalue weighted by Gasteiger charge is 2.20. The monoisotopic (exact) mass is 327 g/mol. The Morgan fingerprint density at radius 1 is 1.50 bits per heavy atom. The standard InChI is InChI=1S/C14H21N3O4S/c1-10-4-5-11(7-13(10)22(15,20)21)16-14(19)9-17-6-2-3-12(18)8-17/h4-5,7,12,18H,2-3,6,8-9H2,1H3,(H,16,19)(H2,15,20,21)/t12-/m0/s1. The Hall–Kier alpha value is -1.48. The molecule has 8 heteroatoms. The normalized spacial score (nSPS) is 19.9. The van der Waals surface area contributed by atoms with Gasteiger partial charge in [0.15, 0.2) is 0 Å². The lowest BCUT2D eigenvalue weighted by atomic mass is 10.1. The van der Waals surface area contributed by atoms with Gasteiger partial charge in [-0.2, -0.15) is 0 Å². The lowest BCUT2D eigenvalue weighted by Crippen LogP contribution is -2.42. The quantitative estimate of drug-likeness (QED) is 0.722. The molecule has 7 nitrogen and oxygen atoms in total. The summed E-state index contributed by atoms with van der Waals surface area (Å²) in [5.41, 5.74) is 0.914. The molecule has 1 saturated heterocycles. The number of carbonyl (C=O) groups excluding carboxylic acids is 1. The Labute approximate surface area is 130 Å². The maximum Gasteiger partial charge on any atom is 0.238 e. The summed E-state index contributed by atoms with van der Waals surface area (Å²) in [5, 5.41) is 17.4. The zero-order valence-electron chi connectivity index (χ0n) is 12.4. The molecule has 1 fully saturated rings. The molecule has 4 N–H and O–H groups in total. The number of aliphatic hydroxyl groups is 1. The number of carbonyl (C=O) groups is 1. The molecule has 1 aromatic rings. The van der Waals surface area contributed by atoms with Gasteiger partial charge in [-0.05, 0) is 44.0 Å². The van der Waals surface area contributed by atoms with Crippen molar-refractivity contribution in [1.29, 1.82) is 0 Å². The highest BCUT2D eigenvalue weighted by molar-refractivity contribution is 7.89. The second kappa shape index (κ2) is 6.74. The number of hydrogen-bond acceptors (Lipinski definition) is 5. The average molecular weight is 327 g/mol. The number of piperidine rings is 1. The van der Waals surface area contributed by atoms with E-state index in [2.05, 4.69) is 5.32 Å². The van der Waals surface area contributed by atoms with Crippen molar-refractivity contribution in [3.63, 3.8) is 0 Å². The summed E-state index contributed by atoms with van der Waals surface area (Å²) in [7, 11) is -3.82. The Kier molecular flexibility index (Phi) is 5.17. The predicted molar refractivity (Wildman–Crippen MR) is 82.9 cm³/mol. The van der Waals surface area contributed by atoms with Crippen LogP contribution in [0.15, 0.2) is 23.1 Å². The smallest absolute Gasteiger partial charge is 0.238 e. The Morgan fingerprint density at radius 3 is 2.86 bits per heavy atom. The predicted octanol–water partition coefficient (Wildman–Crippen LogP) is 0.0376. The summed E-state index contributed by atoms with van der Waals surface area (Å²) in [5.74, 6) is -0.252. The van der Waals surface area contributed by atoms with Crippen molar-refractivity contribution in [2.24, 2.45) is 5.14 Å². The third-order valence-electron chi connectivity index (χ3n) is 3.63. The van der Waals surface area contributed by atoms with E-state index < -0.39 is 16.1 Å². The van der Waals surface area contributed by atoms with E-state index in [1.165, 1.54) is 6.07 Å². The van der Waals surface area contributed by atoms with E-state index in [4.69, 9.17) is 5.14 Å². The van der Waals surface area contributed by atoms with E-state index >= 15 is 0 Å². The maximum absolute atomic E-state index is 12.0. The third-order valence-corrected chi connectivity index (χ3v) is 4.68. The molecule has 0 spiro atoms. The Bertz CT molecular complexity index is 660. The second-order valence-electron chi connectivity index (χ2n) is 5.60. The molecule has 1 amide bonds. The van der Waals surface area contributed by atoms with Gasteiger partial charge in [-0.1, -0.05) is 6.07 Å². The van der Waals surface area contributed by atoms with E-state index in [9.17, 15) is 18.3 Å². The van der Waals surface area contributed by atoms with Gasteiger partial charge in [-0.3, -0.25) is 9.69 Å². The van der Waals surface area contributed by atoms with Crippen LogP contribution in [0.4, 0.5) is 5.69 Å². The van der Waals surface area contributed by atoms with E-state index in [0.29, 0.717) is 17.8 Å². The fourth-order valence-electron chi connectivity index (χ4n) is 2.56. The SMILES string of the molecule is Cc1ccc(NC(=O)CN2CCC[C@H](O)C2)cc1S(N)(=O)=O. The first kappa shape index (κ1) is 16.9. The van der Waals surface area contributed by atoms with Gasteiger partial charge in [0.25, 0.3) is 0 Å². The Morgan fingerprint density at radius 2 is 2.23 bits per heavy atom. The number of sulfonamides is 1. The van der Waals surface area contributed by atoms with Gasteiger partial charge < -0.3 is 10.4 Å². The first-order valence-corrected chi connectivity index (χ1v) is 8.64. The molecular weight excluding hydrogens is 306 g/mol. The molecule has 0 saturated carbocycles. The van der Waals surface area contributed by atoms with Crippen LogP contribution in [0.3, 0.4) is 0 Å². The number of aryl methyl sites for hydroxylation is 1. The van der Waals surface area contributed by atoms with Crippen LogP contribution in [-0.2, 0) is 14.8 Å². The number of rotatable bonds is 4. The van der Waals surface area contributed by atoms with Crippen molar-refractivity contribution in [3.05, 3.63) is 23.8 Å². The number of β-amino-alcohol motifs (C(OH)–C–C–N with tert-alkyl or cyclic N) is 1. The number of primary sulfonamides is 1. The summed E-state index contributed by atoms with van der Waals surface area (Å²) in [6.07, 6.45) is 1.22. The van der Waals surface area contributed by atoms with Gasteiger partial charge in [0.2, 0.25) is 15.9 Å². The van der Waals surface area contributed by atoms with Crippen LogP contribution < -0.4 is 10.5 Å². The summed E-state index contributed by atoms with van der Waals surface area (Å²) >= 11 is 0. The van der Waals surface area contributed by atoms with Crippen molar-refractivity contribution >= 4 is 21.6 Å². The maximum atomic E-state index is 12.0. The van der Waals surface area contributed by atoms with E-state index in [0.717, 1.165) is 19.4 Å². The highest BCUT2D eigenvalue weighted by atomic mass is 32.2. The molecule has 0 aromatic heterocycles. The zero-order chi connectivity index (χ0) is 16.3. The first-order chi connectivity index (χ1) is 10.3. The molecule has 0 bridgehead atoms. The molecule has 0 unspecified atom stereocenters. The number of nitrogens with one attached hydrogen (secondary N) is 1. The second-order valence-corrected chi connectivity index (χ2v) is 7.13. The molecule has 1 heterocycles. The molecule has 122 valence electrons. The van der Waals surface area contributed by atoms with Crippen molar-refractivity contribution in [1.82, 2.24) is 4.90 Å². The van der Waals surface area contributed by atoms with Crippen LogP contribution >= 0.6 is 0 Å². The molecular formula is C14H21N3O4S. The molecule has 0 aliphatic carbocycles. The van der Waals surface area contributed by atoms with E-state index in [1.807, 2.05) is 4.90 Å². The molecule has 1 aliphatic heterocycles. The summed E-state index contributed by atoms with van der Waals surface area (Å²) in [4.78, 5) is 13.9. The third kappa shape index (κ3) is 4.51. The minimum Gasteiger partial charge on any atom is -0.392 e. The summed E-state index contributed by atoms with van der Waals surface area (Å²) in [6, 6.07) is 4.58. The molecule has 1 aliphatic rings. The van der Waals surface area contributed by atoms with Crippen LogP contribution in [0.1, 0.15) is 18.4 Å². The summed E-state index contributed by atoms with van der Waals surface area (Å²) < 4.78 is 22.9. The van der Waals surface area contributed by atoms with Crippen molar-refractivity contribution in [2.75, 3.05) is 25.0 Å². The molecule has 1 atom stereocenters. The number of anilines is 1. The number of nitrogens with zero attached hydrogens (tertiary/aromatic N) is 1. The topological polar surface area (TPSA) is 113 Å². The van der Waals surface area contributed by atoms with Gasteiger partial charge in [0.05, 0.1) is 17.5 Å². The van der Waals surface area contributed by atoms with Crippen LogP contribution in [-0.4, -0.2) is 50.1 Å². The van der Waals surface area contributed by atoms with Crippen LogP contribution in [0.5, 0.6) is 0 Å². The van der Waals surface area contributed by atoms with E-state index in [1.54, 1.807) is 19.1 Å². The lowest BCUT2D eigenvalue weighted by Gasteiger charge is -2.29. The summed E-state index contributed by atoms with van der Waals surface area (Å²) in [6.45, 7) is 3.04. The fraction of sp³-hybridized carbons (Fsp3) is 0.500. The highest BCUT2D eigenvalue weighted by Crippen LogP contribution is 2.19. The number of aliphatic hydroxyl groups excluding tert-OH is 1. The minimum absolute atomic E-state index is 0.00121. The van der Waals surface area contributed by atoms with Crippen molar-refractivity contribution in [3.8, 4) is 0 Å². The number of nitrogens with two attached hydrogens (primary N) is 1. The largest absolute Gasteiger partial charge is 0.392 e. The van der Waals surface area contributed by atoms with E-state index in [-0.39, 0.29) is 17.3 Å². The van der Waals surface area contributed by atoms with Crippen LogP contribution in [0, 0.1) is 6.92 Å². The number of benzene rings is 1. The van der Waals surface area contributed by atoms with Gasteiger partial charge in [-0.25, -0.2) is 13.6 Å². The fourth-order valence-corrected chi connectivity index (χ4v) is 3.37. The molecule has 0 radical (unpaired) electrons. The Balaban J connectivity index is 2.03. The lowest BCUT2D eigenvalue weighted by molar-refractivity contribution is -0.118. The van der Waals surface area contributed by atoms with Gasteiger partial charge in [0, 0.05) is 12.2 Å².